The summed E-state index contributed by atoms with van der Waals surface area (Å²) in [6.07, 6.45) is 9.00. The third kappa shape index (κ3) is 4.13. The van der Waals surface area contributed by atoms with Gasteiger partial charge in [0, 0.05) is 6.04 Å². The second kappa shape index (κ2) is 6.94. The zero-order valence-electron chi connectivity index (χ0n) is 12.0. The highest BCUT2D eigenvalue weighted by Gasteiger charge is 2.19. The minimum Gasteiger partial charge on any atom is -0.314 e. The smallest absolute Gasteiger partial charge is 0.00682 e. The van der Waals surface area contributed by atoms with Gasteiger partial charge in [-0.1, -0.05) is 32.0 Å². The largest absolute Gasteiger partial charge is 0.314 e. The molecule has 1 heteroatoms. The van der Waals surface area contributed by atoms with Crippen molar-refractivity contribution in [1.29, 1.82) is 0 Å². The monoisotopic (exact) mass is 245 g/mol. The lowest BCUT2D eigenvalue weighted by atomic mass is 9.98. The van der Waals surface area contributed by atoms with Gasteiger partial charge < -0.3 is 5.32 Å². The van der Waals surface area contributed by atoms with Crippen molar-refractivity contribution in [2.24, 2.45) is 0 Å². The van der Waals surface area contributed by atoms with Crippen molar-refractivity contribution in [2.45, 2.75) is 64.8 Å². The molecule has 1 fully saturated rings. The Hall–Kier alpha value is -0.820. The molecule has 1 N–H and O–H groups in total. The summed E-state index contributed by atoms with van der Waals surface area (Å²) in [5.41, 5.74) is 4.60. The molecular weight excluding hydrogens is 218 g/mol. The van der Waals surface area contributed by atoms with Crippen LogP contribution < -0.4 is 5.32 Å². The second-order valence-corrected chi connectivity index (χ2v) is 5.50. The Kier molecular flexibility index (Phi) is 5.25. The molecule has 0 bridgehead atoms. The van der Waals surface area contributed by atoms with Gasteiger partial charge in [-0.2, -0.15) is 0 Å². The summed E-state index contributed by atoms with van der Waals surface area (Å²) < 4.78 is 0. The van der Waals surface area contributed by atoms with Crippen molar-refractivity contribution in [3.05, 3.63) is 34.9 Å². The van der Waals surface area contributed by atoms with Gasteiger partial charge in [0.2, 0.25) is 0 Å². The fraction of sp³-hybridized carbons (Fsp3) is 0.647. The Bertz CT molecular complexity index is 366. The van der Waals surface area contributed by atoms with Crippen LogP contribution in [0.3, 0.4) is 0 Å². The third-order valence-electron chi connectivity index (χ3n) is 3.94. The SMILES string of the molecule is CCc1ccc(CCCCNC2CC2)cc1CC. The molecule has 0 atom stereocenters. The van der Waals surface area contributed by atoms with Gasteiger partial charge in [-0.3, -0.25) is 0 Å². The standard InChI is InChI=1S/C17H27N/c1-3-15-9-8-14(13-16(15)4-2)7-5-6-12-18-17-10-11-17/h8-9,13,17-18H,3-7,10-12H2,1-2H3. The molecule has 0 heterocycles. The number of rotatable bonds is 8. The van der Waals surface area contributed by atoms with E-state index in [-0.39, 0.29) is 0 Å². The lowest BCUT2D eigenvalue weighted by Gasteiger charge is -2.09. The molecule has 1 saturated carbocycles. The van der Waals surface area contributed by atoms with E-state index in [1.54, 1.807) is 5.56 Å². The van der Waals surface area contributed by atoms with E-state index in [4.69, 9.17) is 0 Å². The van der Waals surface area contributed by atoms with E-state index in [0.29, 0.717) is 0 Å². The van der Waals surface area contributed by atoms with Gasteiger partial charge in [0.05, 0.1) is 0 Å². The van der Waals surface area contributed by atoms with E-state index in [1.807, 2.05) is 0 Å². The average molecular weight is 245 g/mol. The number of benzene rings is 1. The van der Waals surface area contributed by atoms with Crippen molar-refractivity contribution in [3.63, 3.8) is 0 Å². The quantitative estimate of drug-likeness (QED) is 0.685. The molecule has 18 heavy (non-hydrogen) atoms. The minimum absolute atomic E-state index is 0.862. The summed E-state index contributed by atoms with van der Waals surface area (Å²) in [6.45, 7) is 5.72. The van der Waals surface area contributed by atoms with Crippen LogP contribution in [0.4, 0.5) is 0 Å². The van der Waals surface area contributed by atoms with E-state index < -0.39 is 0 Å². The molecule has 0 aromatic heterocycles. The number of aryl methyl sites for hydroxylation is 3. The topological polar surface area (TPSA) is 12.0 Å². The normalized spacial score (nSPS) is 15.0. The van der Waals surface area contributed by atoms with Gasteiger partial charge in [0.25, 0.3) is 0 Å². The molecule has 1 aromatic carbocycles. The molecule has 1 aromatic rings. The lowest BCUT2D eigenvalue weighted by molar-refractivity contribution is 0.619. The van der Waals surface area contributed by atoms with Gasteiger partial charge in [0.1, 0.15) is 0 Å². The Balaban J connectivity index is 1.73. The molecule has 0 radical (unpaired) electrons. The van der Waals surface area contributed by atoms with Gasteiger partial charge in [-0.15, -0.1) is 0 Å². The third-order valence-corrected chi connectivity index (χ3v) is 3.94. The highest BCUT2D eigenvalue weighted by atomic mass is 14.9. The first-order valence-electron chi connectivity index (χ1n) is 7.67. The van der Waals surface area contributed by atoms with Crippen LogP contribution in [-0.2, 0) is 19.3 Å². The van der Waals surface area contributed by atoms with Crippen molar-refractivity contribution < 1.29 is 0 Å². The molecule has 100 valence electrons. The Labute approximate surface area is 112 Å². The lowest BCUT2D eigenvalue weighted by Crippen LogP contribution is -2.17. The van der Waals surface area contributed by atoms with Crippen LogP contribution in [0.1, 0.15) is 56.2 Å². The van der Waals surface area contributed by atoms with Crippen molar-refractivity contribution in [1.82, 2.24) is 5.32 Å². The van der Waals surface area contributed by atoms with Crippen molar-refractivity contribution >= 4 is 0 Å². The van der Waals surface area contributed by atoms with Crippen LogP contribution in [-0.4, -0.2) is 12.6 Å². The fourth-order valence-corrected chi connectivity index (χ4v) is 2.56. The Morgan fingerprint density at radius 3 is 2.50 bits per heavy atom. The first-order valence-corrected chi connectivity index (χ1v) is 7.67. The predicted molar refractivity (Wildman–Crippen MR) is 79.2 cm³/mol. The summed E-state index contributed by atoms with van der Waals surface area (Å²) in [7, 11) is 0. The molecule has 0 saturated heterocycles. The fourth-order valence-electron chi connectivity index (χ4n) is 2.56. The number of hydrogen-bond acceptors (Lipinski definition) is 1. The first-order chi connectivity index (χ1) is 8.83. The number of hydrogen-bond donors (Lipinski definition) is 1. The average Bonchev–Trinajstić information content (AvgIpc) is 3.22. The molecular formula is C17H27N. The molecule has 1 aliphatic rings. The highest BCUT2D eigenvalue weighted by Crippen LogP contribution is 2.19. The van der Waals surface area contributed by atoms with Crippen LogP contribution in [0.2, 0.25) is 0 Å². The van der Waals surface area contributed by atoms with Gasteiger partial charge in [-0.25, -0.2) is 0 Å². The zero-order valence-corrected chi connectivity index (χ0v) is 12.0. The minimum atomic E-state index is 0.862. The zero-order chi connectivity index (χ0) is 12.8. The van der Waals surface area contributed by atoms with Crippen LogP contribution in [0.25, 0.3) is 0 Å². The predicted octanol–water partition coefficient (Wildman–Crippen LogP) is 3.89. The Morgan fingerprint density at radius 1 is 1.06 bits per heavy atom. The first kappa shape index (κ1) is 13.6. The Morgan fingerprint density at radius 2 is 1.83 bits per heavy atom. The van der Waals surface area contributed by atoms with Crippen molar-refractivity contribution in [2.75, 3.05) is 6.54 Å². The van der Waals surface area contributed by atoms with Crippen LogP contribution >= 0.6 is 0 Å². The maximum Gasteiger partial charge on any atom is 0.00682 e. The molecule has 2 rings (SSSR count). The van der Waals surface area contributed by atoms with E-state index in [9.17, 15) is 0 Å². The van der Waals surface area contributed by atoms with Crippen molar-refractivity contribution in [3.8, 4) is 0 Å². The second-order valence-electron chi connectivity index (χ2n) is 5.50. The molecule has 0 spiro atoms. The molecule has 1 nitrogen and oxygen atoms in total. The summed E-state index contributed by atoms with van der Waals surface area (Å²) in [6, 6.07) is 7.94. The van der Waals surface area contributed by atoms with Gasteiger partial charge in [-0.05, 0) is 68.2 Å². The van der Waals surface area contributed by atoms with E-state index in [2.05, 4.69) is 37.4 Å². The summed E-state index contributed by atoms with van der Waals surface area (Å²) >= 11 is 0. The van der Waals surface area contributed by atoms with E-state index in [0.717, 1.165) is 12.5 Å². The van der Waals surface area contributed by atoms with Crippen LogP contribution in [0.15, 0.2) is 18.2 Å². The van der Waals surface area contributed by atoms with E-state index in [1.165, 1.54) is 56.2 Å². The highest BCUT2D eigenvalue weighted by molar-refractivity contribution is 5.32. The van der Waals surface area contributed by atoms with Crippen LogP contribution in [0.5, 0.6) is 0 Å². The van der Waals surface area contributed by atoms with Gasteiger partial charge in [0.15, 0.2) is 0 Å². The summed E-state index contributed by atoms with van der Waals surface area (Å²) in [4.78, 5) is 0. The molecule has 0 aliphatic heterocycles. The molecule has 0 amide bonds. The van der Waals surface area contributed by atoms with Gasteiger partial charge >= 0.3 is 0 Å². The summed E-state index contributed by atoms with van der Waals surface area (Å²) in [5.74, 6) is 0. The number of nitrogens with one attached hydrogen (secondary N) is 1. The number of unbranched alkanes of at least 4 members (excludes halogenated alkanes) is 1. The maximum absolute atomic E-state index is 3.58. The molecule has 0 unspecified atom stereocenters. The summed E-state index contributed by atoms with van der Waals surface area (Å²) in [5, 5.41) is 3.58. The molecule has 1 aliphatic carbocycles. The maximum atomic E-state index is 3.58. The van der Waals surface area contributed by atoms with E-state index >= 15 is 0 Å². The van der Waals surface area contributed by atoms with Crippen LogP contribution in [0, 0.1) is 0 Å².